The van der Waals surface area contributed by atoms with Crippen molar-refractivity contribution in [1.82, 2.24) is 4.57 Å². The minimum atomic E-state index is 0.0301. The van der Waals surface area contributed by atoms with Crippen molar-refractivity contribution >= 4 is 17.2 Å². The fourth-order valence-corrected chi connectivity index (χ4v) is 3.73. The first-order valence-corrected chi connectivity index (χ1v) is 9.61. The molecule has 140 valence electrons. The second-order valence-electron chi connectivity index (χ2n) is 9.80. The quantitative estimate of drug-likeness (QED) is 0.715. The van der Waals surface area contributed by atoms with Crippen LogP contribution >= 0.6 is 0 Å². The molecule has 2 heterocycles. The molecule has 4 nitrogen and oxygen atoms in total. The van der Waals surface area contributed by atoms with Crippen molar-refractivity contribution in [1.29, 1.82) is 0 Å². The molecule has 0 spiro atoms. The summed E-state index contributed by atoms with van der Waals surface area (Å²) in [5.74, 6) is 4.10. The van der Waals surface area contributed by atoms with Gasteiger partial charge in [-0.15, -0.1) is 0 Å². The van der Waals surface area contributed by atoms with E-state index in [1.54, 1.807) is 0 Å². The monoisotopic (exact) mass is 354 g/mol. The first kappa shape index (κ1) is 18.8. The number of allylic oxidation sites excluding steroid dienone is 3. The van der Waals surface area contributed by atoms with E-state index in [1.165, 1.54) is 17.1 Å². The molecule has 1 atom stereocenters. The molecule has 0 fully saturated rings. The summed E-state index contributed by atoms with van der Waals surface area (Å²) in [4.78, 5) is 4.94. The average Bonchev–Trinajstić information content (AvgIpc) is 2.76. The van der Waals surface area contributed by atoms with Gasteiger partial charge in [0.1, 0.15) is 18.1 Å². The van der Waals surface area contributed by atoms with Crippen LogP contribution in [-0.4, -0.2) is 20.8 Å². The SMILES string of the molecule is CC1CC=C([N+]2=C(C(C)(C)C)N=C2C(C)(C)C)C=C1c1n(C)cc[n+]1C. The van der Waals surface area contributed by atoms with Crippen LogP contribution in [0.25, 0.3) is 5.57 Å². The number of aromatic nitrogens is 2. The van der Waals surface area contributed by atoms with E-state index < -0.39 is 0 Å². The Morgan fingerprint density at radius 3 is 2.27 bits per heavy atom. The minimum absolute atomic E-state index is 0.0301. The maximum Gasteiger partial charge on any atom is 0.284 e. The van der Waals surface area contributed by atoms with Crippen molar-refractivity contribution in [2.45, 2.75) is 54.9 Å². The summed E-state index contributed by atoms with van der Waals surface area (Å²) < 4.78 is 6.83. The molecule has 0 N–H and O–H groups in total. The van der Waals surface area contributed by atoms with Crippen LogP contribution in [0.2, 0.25) is 0 Å². The van der Waals surface area contributed by atoms with Crippen LogP contribution in [0, 0.1) is 16.7 Å². The number of nitrogens with zero attached hydrogens (tertiary/aromatic N) is 4. The Bertz CT molecular complexity index is 841. The molecule has 1 unspecified atom stereocenters. The van der Waals surface area contributed by atoms with Gasteiger partial charge >= 0.3 is 0 Å². The van der Waals surface area contributed by atoms with Crippen LogP contribution in [0.15, 0.2) is 35.2 Å². The van der Waals surface area contributed by atoms with Gasteiger partial charge in [0.2, 0.25) is 0 Å². The van der Waals surface area contributed by atoms with Crippen LogP contribution in [0.1, 0.15) is 60.7 Å². The molecule has 4 heteroatoms. The first-order chi connectivity index (χ1) is 11.9. The highest BCUT2D eigenvalue weighted by Gasteiger charge is 2.44. The van der Waals surface area contributed by atoms with Gasteiger partial charge in [-0.1, -0.05) is 53.5 Å². The zero-order chi connectivity index (χ0) is 19.4. The van der Waals surface area contributed by atoms with Crippen LogP contribution < -0.4 is 4.57 Å². The minimum Gasteiger partial charge on any atom is -0.233 e. The average molecular weight is 355 g/mol. The summed E-state index contributed by atoms with van der Waals surface area (Å²) >= 11 is 0. The van der Waals surface area contributed by atoms with E-state index in [0.717, 1.165) is 18.1 Å². The van der Waals surface area contributed by atoms with E-state index in [1.807, 2.05) is 0 Å². The third-order valence-corrected chi connectivity index (χ3v) is 5.19. The molecule has 0 saturated heterocycles. The third kappa shape index (κ3) is 3.10. The molecular formula is C22H34N4+2. The number of aliphatic imine (C=N–C) groups is 1. The number of aryl methyl sites for hydroxylation is 2. The second kappa shape index (κ2) is 6.04. The van der Waals surface area contributed by atoms with Gasteiger partial charge in [0, 0.05) is 5.57 Å². The smallest absolute Gasteiger partial charge is 0.233 e. The Balaban J connectivity index is 2.10. The second-order valence-corrected chi connectivity index (χ2v) is 9.80. The molecule has 1 aliphatic heterocycles. The lowest BCUT2D eigenvalue weighted by atomic mass is 9.86. The van der Waals surface area contributed by atoms with Crippen molar-refractivity contribution < 1.29 is 9.14 Å². The largest absolute Gasteiger partial charge is 0.284 e. The Labute approximate surface area is 158 Å². The summed E-state index contributed by atoms with van der Waals surface area (Å²) in [6.07, 6.45) is 10.1. The van der Waals surface area contributed by atoms with Crippen LogP contribution in [-0.2, 0) is 14.1 Å². The van der Waals surface area contributed by atoms with E-state index in [4.69, 9.17) is 4.99 Å². The van der Waals surface area contributed by atoms with Gasteiger partial charge in [-0.3, -0.25) is 0 Å². The van der Waals surface area contributed by atoms with Crippen molar-refractivity contribution in [3.63, 3.8) is 0 Å². The predicted octanol–water partition coefficient (Wildman–Crippen LogP) is 4.07. The number of imidazole rings is 1. The van der Waals surface area contributed by atoms with Crippen LogP contribution in [0.3, 0.4) is 0 Å². The highest BCUT2D eigenvalue weighted by Crippen LogP contribution is 2.36. The Morgan fingerprint density at radius 1 is 1.12 bits per heavy atom. The number of rotatable bonds is 2. The highest BCUT2D eigenvalue weighted by molar-refractivity contribution is 6.05. The summed E-state index contributed by atoms with van der Waals surface area (Å²) in [5, 5.41) is 0. The van der Waals surface area contributed by atoms with Gasteiger partial charge in [-0.25, -0.2) is 9.13 Å². The molecular weight excluding hydrogens is 320 g/mol. The van der Waals surface area contributed by atoms with Crippen molar-refractivity contribution in [2.75, 3.05) is 0 Å². The summed E-state index contributed by atoms with van der Waals surface area (Å²) in [6.45, 7) is 15.8. The standard InChI is InChI=1S/C22H34N4/c1-15-10-11-16(14-17(15)18-24(8)12-13-25(18)9)26-19(21(2,3)4)23-20(26)22(5,6)7/h11-15H,10H2,1-9H3/q+2. The predicted molar refractivity (Wildman–Crippen MR) is 108 cm³/mol. The molecule has 26 heavy (non-hydrogen) atoms. The van der Waals surface area contributed by atoms with Gasteiger partial charge in [-0.2, -0.15) is 4.58 Å². The summed E-state index contributed by atoms with van der Waals surface area (Å²) in [5.41, 5.74) is 2.72. The van der Waals surface area contributed by atoms with Gasteiger partial charge in [0.15, 0.2) is 0 Å². The van der Waals surface area contributed by atoms with Crippen LogP contribution in [0.4, 0.5) is 0 Å². The molecule has 0 aromatic carbocycles. The zero-order valence-electron chi connectivity index (χ0n) is 17.9. The molecule has 0 radical (unpaired) electrons. The third-order valence-electron chi connectivity index (χ3n) is 5.19. The molecule has 0 amide bonds. The fourth-order valence-electron chi connectivity index (χ4n) is 3.73. The van der Waals surface area contributed by atoms with E-state index in [0.29, 0.717) is 5.92 Å². The van der Waals surface area contributed by atoms with Crippen LogP contribution in [0.5, 0.6) is 0 Å². The Morgan fingerprint density at radius 2 is 1.77 bits per heavy atom. The topological polar surface area (TPSA) is 24.2 Å². The molecule has 0 bridgehead atoms. The number of hydrogen-bond donors (Lipinski definition) is 0. The lowest BCUT2D eigenvalue weighted by Crippen LogP contribution is -2.48. The molecule has 1 aromatic rings. The lowest BCUT2D eigenvalue weighted by molar-refractivity contribution is -0.673. The molecule has 3 rings (SSSR count). The first-order valence-electron chi connectivity index (χ1n) is 9.61. The maximum absolute atomic E-state index is 4.94. The van der Waals surface area contributed by atoms with E-state index in [2.05, 4.69) is 101 Å². The molecule has 1 aliphatic carbocycles. The fraction of sp³-hybridized carbons (Fsp3) is 0.591. The lowest BCUT2D eigenvalue weighted by Gasteiger charge is -2.33. The summed E-state index contributed by atoms with van der Waals surface area (Å²) in [6, 6.07) is 0. The van der Waals surface area contributed by atoms with Gasteiger partial charge < -0.3 is 0 Å². The van der Waals surface area contributed by atoms with Gasteiger partial charge in [0.05, 0.1) is 24.9 Å². The Kier molecular flexibility index (Phi) is 4.37. The summed E-state index contributed by atoms with van der Waals surface area (Å²) in [7, 11) is 4.25. The molecule has 1 aromatic heterocycles. The van der Waals surface area contributed by atoms with Crippen molar-refractivity contribution in [3.8, 4) is 0 Å². The van der Waals surface area contributed by atoms with E-state index >= 15 is 0 Å². The van der Waals surface area contributed by atoms with E-state index in [-0.39, 0.29) is 10.8 Å². The maximum atomic E-state index is 4.94. The normalized spacial score (nSPS) is 21.3. The highest BCUT2D eigenvalue weighted by atomic mass is 15.3. The van der Waals surface area contributed by atoms with Crippen molar-refractivity contribution in [3.05, 3.63) is 36.1 Å². The Hall–Kier alpha value is -1.97. The van der Waals surface area contributed by atoms with E-state index in [9.17, 15) is 0 Å². The van der Waals surface area contributed by atoms with Crippen molar-refractivity contribution in [2.24, 2.45) is 35.8 Å². The van der Waals surface area contributed by atoms with Gasteiger partial charge in [0.25, 0.3) is 17.5 Å². The molecule has 0 saturated carbocycles. The number of amidine groups is 2. The molecule has 2 aliphatic rings. The number of hydrogen-bond acceptors (Lipinski definition) is 1. The van der Waals surface area contributed by atoms with Gasteiger partial charge in [-0.05, 0) is 24.5 Å². The zero-order valence-corrected chi connectivity index (χ0v) is 17.9.